The first kappa shape index (κ1) is 28.4. The summed E-state index contributed by atoms with van der Waals surface area (Å²) < 4.78 is 0. The third-order valence-corrected chi connectivity index (χ3v) is 3.99. The fourth-order valence-corrected chi connectivity index (χ4v) is 2.63. The van der Waals surface area contributed by atoms with E-state index in [1.807, 2.05) is 66.0 Å². The van der Waals surface area contributed by atoms with Gasteiger partial charge in [0.25, 0.3) is 0 Å². The second kappa shape index (κ2) is 16.1. The molecule has 6 nitrogen and oxygen atoms in total. The normalized spacial score (nSPS) is 8.46. The van der Waals surface area contributed by atoms with Crippen LogP contribution in [0.5, 0.6) is 0 Å². The van der Waals surface area contributed by atoms with E-state index in [1.54, 1.807) is 0 Å². The predicted octanol–water partition coefficient (Wildman–Crippen LogP) is 3.60. The summed E-state index contributed by atoms with van der Waals surface area (Å²) >= 11 is 8.66. The number of nitrogens with two attached hydrogens (primary N) is 3. The molecule has 0 saturated carbocycles. The molecule has 3 aromatic rings. The molecule has 0 amide bonds. The van der Waals surface area contributed by atoms with Crippen molar-refractivity contribution in [1.29, 1.82) is 0 Å². The molecule has 28 heavy (non-hydrogen) atoms. The standard InChI is InChI=1S/C9H8N2S.C8H7BrO.CH4N2S.BrH.H2O/c10-9-11-8(6-12-9)7-4-2-1-3-5-7;9-6-8(10)7-4-2-1-3-5-7;2-1(3)4;;/h1-6H,(H2,10,11);1-5H,6H2;(H4,2,3,4);1H;1H2. The molecule has 0 bridgehead atoms. The van der Waals surface area contributed by atoms with Gasteiger partial charge >= 0.3 is 0 Å². The third kappa shape index (κ3) is 11.8. The molecule has 152 valence electrons. The Kier molecular flexibility index (Phi) is 16.3. The first-order chi connectivity index (χ1) is 12.4. The zero-order valence-corrected chi connectivity index (χ0v) is 19.7. The van der Waals surface area contributed by atoms with Gasteiger partial charge in [0.2, 0.25) is 0 Å². The Labute approximate surface area is 192 Å². The summed E-state index contributed by atoms with van der Waals surface area (Å²) in [4.78, 5) is 15.1. The summed E-state index contributed by atoms with van der Waals surface area (Å²) in [5.41, 5.74) is 17.6. The number of Topliss-reactive ketones (excluding diaryl/α,β-unsaturated/α-hetero) is 1. The van der Waals surface area contributed by atoms with Crippen molar-refractivity contribution in [3.05, 3.63) is 71.6 Å². The van der Waals surface area contributed by atoms with E-state index >= 15 is 0 Å². The van der Waals surface area contributed by atoms with Crippen LogP contribution in [0.3, 0.4) is 0 Å². The van der Waals surface area contributed by atoms with E-state index in [4.69, 9.17) is 5.73 Å². The van der Waals surface area contributed by atoms with E-state index in [0.717, 1.165) is 16.8 Å². The lowest BCUT2D eigenvalue weighted by Crippen LogP contribution is -2.18. The van der Waals surface area contributed by atoms with Gasteiger partial charge in [-0.3, -0.25) is 4.79 Å². The van der Waals surface area contributed by atoms with Crippen LogP contribution in [0.1, 0.15) is 10.4 Å². The molecule has 0 aliphatic carbocycles. The van der Waals surface area contributed by atoms with Crippen LogP contribution in [0.15, 0.2) is 66.0 Å². The molecular weight excluding hydrogens is 528 g/mol. The van der Waals surface area contributed by atoms with Gasteiger partial charge in [-0.25, -0.2) is 4.98 Å². The summed E-state index contributed by atoms with van der Waals surface area (Å²) in [5, 5.41) is 2.98. The highest BCUT2D eigenvalue weighted by Gasteiger charge is 2.00. The first-order valence-corrected chi connectivity index (χ1v) is 9.80. The van der Waals surface area contributed by atoms with Crippen LogP contribution < -0.4 is 17.2 Å². The average Bonchev–Trinajstić information content (AvgIpc) is 3.09. The Morgan fingerprint density at radius 2 is 1.50 bits per heavy atom. The van der Waals surface area contributed by atoms with E-state index in [1.165, 1.54) is 11.3 Å². The van der Waals surface area contributed by atoms with Crippen molar-refractivity contribution in [3.8, 4) is 11.3 Å². The highest BCUT2D eigenvalue weighted by atomic mass is 79.9. The summed E-state index contributed by atoms with van der Waals surface area (Å²) in [6.45, 7) is 0. The van der Waals surface area contributed by atoms with Crippen LogP contribution in [0.4, 0.5) is 5.13 Å². The van der Waals surface area contributed by atoms with Gasteiger partial charge in [0.05, 0.1) is 11.0 Å². The zero-order valence-electron chi connectivity index (χ0n) is 14.7. The number of halogens is 2. The van der Waals surface area contributed by atoms with Gasteiger partial charge in [0.1, 0.15) is 0 Å². The van der Waals surface area contributed by atoms with Gasteiger partial charge in [-0.1, -0.05) is 76.6 Å². The van der Waals surface area contributed by atoms with Crippen LogP contribution in [0, 0.1) is 0 Å². The summed E-state index contributed by atoms with van der Waals surface area (Å²) in [7, 11) is 0. The molecule has 0 saturated heterocycles. The van der Waals surface area contributed by atoms with Gasteiger partial charge < -0.3 is 22.7 Å². The van der Waals surface area contributed by atoms with Gasteiger partial charge in [0.15, 0.2) is 16.0 Å². The maximum absolute atomic E-state index is 11.0. The second-order valence-corrected chi connectivity index (χ2v) is 6.68. The fourth-order valence-electron chi connectivity index (χ4n) is 1.73. The highest BCUT2D eigenvalue weighted by Crippen LogP contribution is 2.22. The van der Waals surface area contributed by atoms with E-state index in [0.29, 0.717) is 10.5 Å². The number of carbonyl (C=O) groups excluding carboxylic acids is 1. The number of ketones is 1. The molecule has 1 heterocycles. The van der Waals surface area contributed by atoms with Gasteiger partial charge in [-0.2, -0.15) is 0 Å². The van der Waals surface area contributed by atoms with Crippen molar-refractivity contribution >= 4 is 72.5 Å². The summed E-state index contributed by atoms with van der Waals surface area (Å²) in [6, 6.07) is 19.2. The Balaban J connectivity index is 0. The number of alkyl halides is 1. The Morgan fingerprint density at radius 1 is 1.04 bits per heavy atom. The highest BCUT2D eigenvalue weighted by molar-refractivity contribution is 9.09. The molecule has 0 fully saturated rings. The second-order valence-electron chi connectivity index (χ2n) is 4.76. The number of hydrogen-bond donors (Lipinski definition) is 3. The zero-order chi connectivity index (χ0) is 19.4. The minimum Gasteiger partial charge on any atom is -0.412 e. The molecule has 1 aromatic heterocycles. The topological polar surface area (TPSA) is 140 Å². The van der Waals surface area contributed by atoms with E-state index in [2.05, 4.69) is 44.6 Å². The van der Waals surface area contributed by atoms with Crippen molar-refractivity contribution in [2.45, 2.75) is 0 Å². The molecule has 0 spiro atoms. The number of anilines is 1. The predicted molar refractivity (Wildman–Crippen MR) is 131 cm³/mol. The lowest BCUT2D eigenvalue weighted by atomic mass is 10.2. The molecule has 0 unspecified atom stereocenters. The smallest absolute Gasteiger partial charge is 0.180 e. The Morgan fingerprint density at radius 3 is 1.89 bits per heavy atom. The van der Waals surface area contributed by atoms with E-state index in [9.17, 15) is 4.79 Å². The van der Waals surface area contributed by atoms with E-state index in [-0.39, 0.29) is 33.4 Å². The number of hydrogen-bond acceptors (Lipinski definition) is 5. The van der Waals surface area contributed by atoms with E-state index < -0.39 is 0 Å². The number of thiocarbonyl (C=S) groups is 1. The van der Waals surface area contributed by atoms with Gasteiger partial charge in [0, 0.05) is 16.5 Å². The number of rotatable bonds is 3. The first-order valence-electron chi connectivity index (χ1n) is 7.39. The fraction of sp³-hybridized carbons (Fsp3) is 0.0556. The van der Waals surface area contributed by atoms with Crippen molar-refractivity contribution in [2.75, 3.05) is 11.1 Å². The number of benzene rings is 2. The molecule has 8 N–H and O–H groups in total. The van der Waals surface area contributed by atoms with Crippen LogP contribution in [-0.4, -0.2) is 26.7 Å². The van der Waals surface area contributed by atoms with Crippen molar-refractivity contribution in [1.82, 2.24) is 4.98 Å². The number of aromatic nitrogens is 1. The summed E-state index contributed by atoms with van der Waals surface area (Å²) in [5.74, 6) is 0.126. The quantitative estimate of drug-likeness (QED) is 0.259. The SMILES string of the molecule is Br.NC(N)=S.Nc1nc(-c2ccccc2)cs1.O.O=C(CBr)c1ccccc1. The van der Waals surface area contributed by atoms with Crippen LogP contribution in [0.25, 0.3) is 11.3 Å². The number of carbonyl (C=O) groups is 1. The maximum Gasteiger partial charge on any atom is 0.180 e. The van der Waals surface area contributed by atoms with Gasteiger partial charge in [-0.05, 0) is 12.2 Å². The maximum atomic E-state index is 11.0. The lowest BCUT2D eigenvalue weighted by Gasteiger charge is -1.92. The van der Waals surface area contributed by atoms with Crippen molar-refractivity contribution in [3.63, 3.8) is 0 Å². The monoisotopic (exact) mass is 548 g/mol. The Bertz CT molecular complexity index is 815. The molecule has 3 rings (SSSR count). The molecule has 0 aliphatic heterocycles. The van der Waals surface area contributed by atoms with Crippen LogP contribution >= 0.6 is 56.5 Å². The van der Waals surface area contributed by atoms with Crippen molar-refractivity contribution in [2.24, 2.45) is 11.5 Å². The molecule has 2 aromatic carbocycles. The summed E-state index contributed by atoms with van der Waals surface area (Å²) in [6.07, 6.45) is 0. The molecular formula is C18H22Br2N4O2S2. The average molecular weight is 550 g/mol. The molecule has 0 aliphatic rings. The van der Waals surface area contributed by atoms with Crippen molar-refractivity contribution < 1.29 is 10.3 Å². The molecule has 10 heteroatoms. The molecule has 0 radical (unpaired) electrons. The Hall–Kier alpha value is -1.85. The molecule has 0 atom stereocenters. The van der Waals surface area contributed by atoms with Crippen LogP contribution in [-0.2, 0) is 0 Å². The van der Waals surface area contributed by atoms with Gasteiger partial charge in [-0.15, -0.1) is 28.3 Å². The number of thiazole rings is 1. The minimum absolute atomic E-state index is 0. The number of nitrogen functional groups attached to an aromatic ring is 1. The largest absolute Gasteiger partial charge is 0.412 e. The van der Waals surface area contributed by atoms with Crippen LogP contribution in [0.2, 0.25) is 0 Å². The minimum atomic E-state index is 0. The number of nitrogens with zero attached hydrogens (tertiary/aromatic N) is 1. The third-order valence-electron chi connectivity index (χ3n) is 2.81. The lowest BCUT2D eigenvalue weighted by molar-refractivity contribution is 0.102.